The number of nitriles is 1. The molecule has 1 nitrogen and oxygen atoms in total. The predicted octanol–water partition coefficient (Wildman–Crippen LogP) is 1.88. The van der Waals surface area contributed by atoms with Crippen LogP contribution in [0.5, 0.6) is 0 Å². The number of rotatable bonds is 0. The summed E-state index contributed by atoms with van der Waals surface area (Å²) in [4.78, 5) is 0. The van der Waals surface area contributed by atoms with Crippen LogP contribution in [-0.4, -0.2) is 0 Å². The molecule has 0 aliphatic heterocycles. The van der Waals surface area contributed by atoms with Crippen molar-refractivity contribution in [2.75, 3.05) is 0 Å². The van der Waals surface area contributed by atoms with Gasteiger partial charge in [0.25, 0.3) is 0 Å². The summed E-state index contributed by atoms with van der Waals surface area (Å²) >= 11 is 0. The quantitative estimate of drug-likeness (QED) is 0.531. The third kappa shape index (κ3) is 1.32. The molecule has 0 amide bonds. The average Bonchev–Trinajstić information content (AvgIpc) is 1.85. The fourth-order valence-electron chi connectivity index (χ4n) is 0.715. The Balaban J connectivity index is 3.22. The fourth-order valence-corrected chi connectivity index (χ4v) is 0.715. The Bertz CT molecular complexity index is 266. The fraction of sp³-hybridized carbons (Fsp3) is 0. The van der Waals surface area contributed by atoms with Gasteiger partial charge in [0.1, 0.15) is 5.82 Å². The van der Waals surface area contributed by atoms with Gasteiger partial charge in [-0.3, -0.25) is 0 Å². The summed E-state index contributed by atoms with van der Waals surface area (Å²) in [5.41, 5.74) is 0.835. The summed E-state index contributed by atoms with van der Waals surface area (Å²) in [6, 6.07) is 5.81. The summed E-state index contributed by atoms with van der Waals surface area (Å²) in [6.07, 6.45) is 0. The van der Waals surface area contributed by atoms with Crippen molar-refractivity contribution in [1.82, 2.24) is 0 Å². The van der Waals surface area contributed by atoms with E-state index in [1.54, 1.807) is 0 Å². The normalized spacial score (nSPS) is 8.90. The number of hydrogen-bond acceptors (Lipinski definition) is 1. The lowest BCUT2D eigenvalue weighted by molar-refractivity contribution is 0.626. The van der Waals surface area contributed by atoms with Gasteiger partial charge < -0.3 is 0 Å². The molecule has 0 spiro atoms. The van der Waals surface area contributed by atoms with Gasteiger partial charge in [-0.1, -0.05) is 0 Å². The van der Waals surface area contributed by atoms with Crippen LogP contribution in [0.2, 0.25) is 0 Å². The van der Waals surface area contributed by atoms with E-state index < -0.39 is 5.82 Å². The lowest BCUT2D eigenvalue weighted by Crippen LogP contribution is -1.80. The van der Waals surface area contributed by atoms with E-state index >= 15 is 0 Å². The van der Waals surface area contributed by atoms with Gasteiger partial charge in [-0.05, 0) is 30.7 Å². The van der Waals surface area contributed by atoms with Crippen molar-refractivity contribution in [1.29, 1.82) is 5.26 Å². The van der Waals surface area contributed by atoms with E-state index in [0.29, 0.717) is 11.1 Å². The van der Waals surface area contributed by atoms with Gasteiger partial charge in [0.15, 0.2) is 0 Å². The van der Waals surface area contributed by atoms with Crippen molar-refractivity contribution in [3.05, 3.63) is 42.1 Å². The van der Waals surface area contributed by atoms with E-state index in [0.717, 1.165) is 0 Å². The number of hydrogen-bond donors (Lipinski definition) is 0. The Kier molecular flexibility index (Phi) is 1.68. The van der Waals surface area contributed by atoms with Crippen molar-refractivity contribution >= 4 is 0 Å². The van der Waals surface area contributed by atoms with Gasteiger partial charge in [-0.15, -0.1) is 0 Å². The van der Waals surface area contributed by atoms with Crippen molar-refractivity contribution in [3.63, 3.8) is 0 Å². The second kappa shape index (κ2) is 2.49. The molecule has 1 aromatic rings. The summed E-state index contributed by atoms with van der Waals surface area (Å²) in [5, 5.41) is 8.34. The SMILES string of the molecule is [CH2]c1cc(F)cc(C#N)c1. The first-order chi connectivity index (χ1) is 4.72. The minimum atomic E-state index is -0.413. The van der Waals surface area contributed by atoms with Crippen molar-refractivity contribution < 1.29 is 4.39 Å². The first-order valence-corrected chi connectivity index (χ1v) is 2.75. The molecule has 0 aliphatic carbocycles. The number of benzene rings is 1. The Morgan fingerprint density at radius 1 is 1.40 bits per heavy atom. The molecular weight excluding hydrogens is 129 g/mol. The maximum absolute atomic E-state index is 12.4. The van der Waals surface area contributed by atoms with Gasteiger partial charge >= 0.3 is 0 Å². The molecular formula is C8H5FN. The summed E-state index contributed by atoms with van der Waals surface area (Å²) in [5.74, 6) is -0.413. The van der Waals surface area contributed by atoms with Crippen molar-refractivity contribution in [2.45, 2.75) is 0 Å². The van der Waals surface area contributed by atoms with Crippen LogP contribution < -0.4 is 0 Å². The van der Waals surface area contributed by atoms with Gasteiger partial charge in [-0.25, -0.2) is 4.39 Å². The van der Waals surface area contributed by atoms with E-state index in [1.165, 1.54) is 18.2 Å². The summed E-state index contributed by atoms with van der Waals surface area (Å²) in [7, 11) is 0. The van der Waals surface area contributed by atoms with E-state index in [9.17, 15) is 4.39 Å². The third-order valence-corrected chi connectivity index (χ3v) is 1.09. The van der Waals surface area contributed by atoms with Crippen molar-refractivity contribution in [3.8, 4) is 6.07 Å². The highest BCUT2D eigenvalue weighted by Gasteiger charge is 1.94. The largest absolute Gasteiger partial charge is 0.207 e. The molecule has 0 fully saturated rings. The lowest BCUT2D eigenvalue weighted by Gasteiger charge is -1.92. The van der Waals surface area contributed by atoms with Crippen molar-refractivity contribution in [2.24, 2.45) is 0 Å². The Hall–Kier alpha value is -1.36. The zero-order valence-electron chi connectivity index (χ0n) is 5.26. The topological polar surface area (TPSA) is 23.8 Å². The van der Waals surface area contributed by atoms with Gasteiger partial charge in [-0.2, -0.15) is 5.26 Å². The van der Waals surface area contributed by atoms with Crippen LogP contribution in [-0.2, 0) is 0 Å². The van der Waals surface area contributed by atoms with E-state index in [2.05, 4.69) is 6.92 Å². The van der Waals surface area contributed by atoms with Crippen LogP contribution in [0.3, 0.4) is 0 Å². The highest BCUT2D eigenvalue weighted by molar-refractivity contribution is 5.34. The maximum atomic E-state index is 12.4. The van der Waals surface area contributed by atoms with Gasteiger partial charge in [0.05, 0.1) is 11.6 Å². The van der Waals surface area contributed by atoms with E-state index in [-0.39, 0.29) is 0 Å². The lowest BCUT2D eigenvalue weighted by atomic mass is 10.1. The molecule has 0 N–H and O–H groups in total. The zero-order valence-corrected chi connectivity index (χ0v) is 5.26. The monoisotopic (exact) mass is 134 g/mol. The van der Waals surface area contributed by atoms with Crippen LogP contribution in [0, 0.1) is 24.1 Å². The minimum absolute atomic E-state index is 0.310. The van der Waals surface area contributed by atoms with Crippen LogP contribution in [0.4, 0.5) is 4.39 Å². The first kappa shape index (κ1) is 6.76. The molecule has 0 heterocycles. The summed E-state index contributed by atoms with van der Waals surface area (Å²) < 4.78 is 12.4. The molecule has 0 atom stereocenters. The molecule has 0 saturated carbocycles. The molecule has 49 valence electrons. The number of nitrogens with zero attached hydrogens (tertiary/aromatic N) is 1. The Labute approximate surface area is 58.7 Å². The third-order valence-electron chi connectivity index (χ3n) is 1.09. The second-order valence-electron chi connectivity index (χ2n) is 1.96. The standard InChI is InChI=1S/C8H5FN/c1-6-2-7(5-10)4-8(9)3-6/h2-4H,1H2. The van der Waals surface area contributed by atoms with Gasteiger partial charge in [0.2, 0.25) is 0 Å². The van der Waals surface area contributed by atoms with Gasteiger partial charge in [0, 0.05) is 0 Å². The average molecular weight is 134 g/mol. The zero-order chi connectivity index (χ0) is 7.56. The van der Waals surface area contributed by atoms with Crippen LogP contribution in [0.15, 0.2) is 18.2 Å². The molecule has 1 aromatic carbocycles. The predicted molar refractivity (Wildman–Crippen MR) is 35.6 cm³/mol. The Morgan fingerprint density at radius 3 is 2.60 bits per heavy atom. The smallest absolute Gasteiger partial charge is 0.124 e. The highest BCUT2D eigenvalue weighted by atomic mass is 19.1. The van der Waals surface area contributed by atoms with E-state index in [4.69, 9.17) is 5.26 Å². The maximum Gasteiger partial charge on any atom is 0.124 e. The molecule has 0 unspecified atom stereocenters. The molecule has 2 heteroatoms. The minimum Gasteiger partial charge on any atom is -0.207 e. The number of halogens is 1. The molecule has 1 rings (SSSR count). The molecule has 0 bridgehead atoms. The molecule has 10 heavy (non-hydrogen) atoms. The van der Waals surface area contributed by atoms with Crippen LogP contribution in [0.25, 0.3) is 0 Å². The van der Waals surface area contributed by atoms with E-state index in [1.807, 2.05) is 6.07 Å². The Morgan fingerprint density at radius 2 is 2.10 bits per heavy atom. The molecule has 0 aromatic heterocycles. The molecule has 0 aliphatic rings. The molecule has 1 radical (unpaired) electrons. The van der Waals surface area contributed by atoms with Crippen LogP contribution in [0.1, 0.15) is 11.1 Å². The highest BCUT2D eigenvalue weighted by Crippen LogP contribution is 2.06. The first-order valence-electron chi connectivity index (χ1n) is 2.75. The summed E-state index contributed by atoms with van der Waals surface area (Å²) in [6.45, 7) is 3.50. The van der Waals surface area contributed by atoms with Crippen LogP contribution >= 0.6 is 0 Å². The second-order valence-corrected chi connectivity index (χ2v) is 1.96. The molecule has 0 saturated heterocycles.